The van der Waals surface area contributed by atoms with E-state index in [2.05, 4.69) is 0 Å². The molecule has 2 aromatic carbocycles. The summed E-state index contributed by atoms with van der Waals surface area (Å²) in [6, 6.07) is 13.7. The fraction of sp³-hybridized carbons (Fsp3) is 0.333. The quantitative estimate of drug-likeness (QED) is 0.915. The number of sulfone groups is 1. The van der Waals surface area contributed by atoms with Gasteiger partial charge >= 0.3 is 0 Å². The minimum Gasteiger partial charge on any atom is -0.388 e. The van der Waals surface area contributed by atoms with E-state index in [1.54, 1.807) is 0 Å². The van der Waals surface area contributed by atoms with Crippen LogP contribution in [0.2, 0.25) is 0 Å². The predicted molar refractivity (Wildman–Crippen MR) is 77.9 cm³/mol. The Morgan fingerprint density at radius 3 is 2.53 bits per heavy atom. The Morgan fingerprint density at radius 2 is 1.79 bits per heavy atom. The van der Waals surface area contributed by atoms with Crippen molar-refractivity contribution < 1.29 is 13.5 Å². The molecule has 0 heterocycles. The van der Waals surface area contributed by atoms with Crippen molar-refractivity contribution >= 4 is 20.6 Å². The molecule has 1 N–H and O–H groups in total. The van der Waals surface area contributed by atoms with Gasteiger partial charge in [0.15, 0.2) is 0 Å². The third kappa shape index (κ3) is 3.78. The van der Waals surface area contributed by atoms with Crippen LogP contribution in [-0.4, -0.2) is 25.5 Å². The molecule has 1 atom stereocenters. The highest BCUT2D eigenvalue weighted by molar-refractivity contribution is 7.90. The molecule has 0 saturated heterocycles. The first-order valence-corrected chi connectivity index (χ1v) is 8.37. The molecule has 0 spiro atoms. The molecule has 0 bridgehead atoms. The highest BCUT2D eigenvalue weighted by Crippen LogP contribution is 2.26. The minimum absolute atomic E-state index is 0.120. The first-order chi connectivity index (χ1) is 8.97. The fourth-order valence-electron chi connectivity index (χ4n) is 2.24. The molecule has 0 aromatic heterocycles. The third-order valence-electron chi connectivity index (χ3n) is 3.18. The van der Waals surface area contributed by atoms with E-state index in [1.165, 1.54) is 6.26 Å². The number of rotatable bonds is 5. The van der Waals surface area contributed by atoms with Gasteiger partial charge in [0, 0.05) is 12.0 Å². The summed E-state index contributed by atoms with van der Waals surface area (Å²) in [7, 11) is -2.96. The van der Waals surface area contributed by atoms with Crippen molar-refractivity contribution in [2.45, 2.75) is 18.9 Å². The lowest BCUT2D eigenvalue weighted by Gasteiger charge is -2.13. The van der Waals surface area contributed by atoms with Gasteiger partial charge in [-0.1, -0.05) is 42.5 Å². The highest BCUT2D eigenvalue weighted by Gasteiger charge is 2.12. The van der Waals surface area contributed by atoms with E-state index in [4.69, 9.17) is 0 Å². The summed E-state index contributed by atoms with van der Waals surface area (Å²) < 4.78 is 22.2. The lowest BCUT2D eigenvalue weighted by molar-refractivity contribution is 0.168. The van der Waals surface area contributed by atoms with Crippen LogP contribution in [-0.2, 0) is 9.84 Å². The average molecular weight is 278 g/mol. The monoisotopic (exact) mass is 278 g/mol. The van der Waals surface area contributed by atoms with E-state index in [1.807, 2.05) is 42.5 Å². The molecular formula is C15H18O3S. The summed E-state index contributed by atoms with van der Waals surface area (Å²) in [5.74, 6) is 0.120. The number of hydrogen-bond acceptors (Lipinski definition) is 3. The Bertz CT molecular complexity index is 657. The summed E-state index contributed by atoms with van der Waals surface area (Å²) in [5.41, 5.74) is 0.867. The first-order valence-electron chi connectivity index (χ1n) is 6.31. The molecule has 1 unspecified atom stereocenters. The third-order valence-corrected chi connectivity index (χ3v) is 4.21. The average Bonchev–Trinajstić information content (AvgIpc) is 2.36. The second-order valence-electron chi connectivity index (χ2n) is 4.86. The number of hydrogen-bond donors (Lipinski definition) is 1. The van der Waals surface area contributed by atoms with Gasteiger partial charge in [-0.05, 0) is 29.2 Å². The highest BCUT2D eigenvalue weighted by atomic mass is 32.2. The zero-order valence-electron chi connectivity index (χ0n) is 10.9. The molecule has 4 heteroatoms. The topological polar surface area (TPSA) is 54.4 Å². The predicted octanol–water partition coefficient (Wildman–Crippen LogP) is 2.70. The molecule has 0 aliphatic heterocycles. The van der Waals surface area contributed by atoms with Gasteiger partial charge in [0.25, 0.3) is 0 Å². The van der Waals surface area contributed by atoms with Crippen molar-refractivity contribution in [1.82, 2.24) is 0 Å². The zero-order valence-corrected chi connectivity index (χ0v) is 11.7. The van der Waals surface area contributed by atoms with Crippen LogP contribution < -0.4 is 0 Å². The lowest BCUT2D eigenvalue weighted by atomic mass is 9.98. The molecule has 0 amide bonds. The van der Waals surface area contributed by atoms with Crippen LogP contribution in [0.15, 0.2) is 42.5 Å². The number of fused-ring (bicyclic) bond motifs is 1. The standard InChI is InChI=1S/C15H18O3S/c1-19(17,18)11-5-10-15(16)14-9-4-7-12-6-2-3-8-13(12)14/h2-4,6-9,15-16H,5,10-11H2,1H3. The molecule has 3 nitrogen and oxygen atoms in total. The van der Waals surface area contributed by atoms with E-state index < -0.39 is 15.9 Å². The second-order valence-corrected chi connectivity index (χ2v) is 7.12. The molecule has 2 aromatic rings. The summed E-state index contributed by atoms with van der Waals surface area (Å²) in [5, 5.41) is 12.3. The SMILES string of the molecule is CS(=O)(=O)CCCC(O)c1cccc2ccccc12. The smallest absolute Gasteiger partial charge is 0.147 e. The maximum absolute atomic E-state index is 11.1. The Morgan fingerprint density at radius 1 is 1.11 bits per heavy atom. The summed E-state index contributed by atoms with van der Waals surface area (Å²) in [6.07, 6.45) is 1.54. The van der Waals surface area contributed by atoms with Gasteiger partial charge in [-0.15, -0.1) is 0 Å². The molecule has 0 fully saturated rings. The molecule has 0 aliphatic rings. The molecule has 2 rings (SSSR count). The van der Waals surface area contributed by atoms with Crippen LogP contribution in [0.3, 0.4) is 0 Å². The number of aliphatic hydroxyl groups is 1. The normalized spacial score (nSPS) is 13.6. The molecule has 19 heavy (non-hydrogen) atoms. The summed E-state index contributed by atoms with van der Waals surface area (Å²) in [4.78, 5) is 0. The van der Waals surface area contributed by atoms with Gasteiger partial charge in [0.05, 0.1) is 6.10 Å². The van der Waals surface area contributed by atoms with Crippen molar-refractivity contribution in [3.63, 3.8) is 0 Å². The van der Waals surface area contributed by atoms with E-state index >= 15 is 0 Å². The lowest BCUT2D eigenvalue weighted by Crippen LogP contribution is -2.06. The molecule has 0 aliphatic carbocycles. The molecule has 102 valence electrons. The number of benzene rings is 2. The van der Waals surface area contributed by atoms with Gasteiger partial charge in [-0.25, -0.2) is 8.42 Å². The van der Waals surface area contributed by atoms with E-state index in [-0.39, 0.29) is 5.75 Å². The van der Waals surface area contributed by atoms with E-state index in [0.717, 1.165) is 16.3 Å². The fourth-order valence-corrected chi connectivity index (χ4v) is 2.93. The van der Waals surface area contributed by atoms with Crippen LogP contribution in [0.4, 0.5) is 0 Å². The van der Waals surface area contributed by atoms with Gasteiger partial charge in [0.2, 0.25) is 0 Å². The number of aliphatic hydroxyl groups excluding tert-OH is 1. The Labute approximate surface area is 113 Å². The first kappa shape index (κ1) is 14.0. The van der Waals surface area contributed by atoms with Gasteiger partial charge in [-0.3, -0.25) is 0 Å². The van der Waals surface area contributed by atoms with Crippen molar-refractivity contribution in [3.05, 3.63) is 48.0 Å². The molecule has 0 saturated carbocycles. The maximum Gasteiger partial charge on any atom is 0.147 e. The Balaban J connectivity index is 2.15. The second kappa shape index (κ2) is 5.72. The van der Waals surface area contributed by atoms with Gasteiger partial charge in [-0.2, -0.15) is 0 Å². The van der Waals surface area contributed by atoms with Crippen molar-refractivity contribution in [2.24, 2.45) is 0 Å². The largest absolute Gasteiger partial charge is 0.388 e. The Kier molecular flexibility index (Phi) is 4.22. The molecular weight excluding hydrogens is 260 g/mol. The van der Waals surface area contributed by atoms with Crippen molar-refractivity contribution in [3.8, 4) is 0 Å². The van der Waals surface area contributed by atoms with Crippen LogP contribution >= 0.6 is 0 Å². The minimum atomic E-state index is -2.96. The zero-order chi connectivity index (χ0) is 13.9. The van der Waals surface area contributed by atoms with Crippen molar-refractivity contribution in [2.75, 3.05) is 12.0 Å². The summed E-state index contributed by atoms with van der Waals surface area (Å²) in [6.45, 7) is 0. The van der Waals surface area contributed by atoms with Crippen LogP contribution in [0.1, 0.15) is 24.5 Å². The summed E-state index contributed by atoms with van der Waals surface area (Å²) >= 11 is 0. The Hall–Kier alpha value is -1.39. The van der Waals surface area contributed by atoms with Crippen LogP contribution in [0.5, 0.6) is 0 Å². The van der Waals surface area contributed by atoms with Crippen LogP contribution in [0, 0.1) is 0 Å². The van der Waals surface area contributed by atoms with E-state index in [9.17, 15) is 13.5 Å². The van der Waals surface area contributed by atoms with Crippen molar-refractivity contribution in [1.29, 1.82) is 0 Å². The molecule has 0 radical (unpaired) electrons. The van der Waals surface area contributed by atoms with Crippen LogP contribution in [0.25, 0.3) is 10.8 Å². The van der Waals surface area contributed by atoms with E-state index in [0.29, 0.717) is 12.8 Å². The van der Waals surface area contributed by atoms with Gasteiger partial charge in [0.1, 0.15) is 9.84 Å². The maximum atomic E-state index is 11.1. The van der Waals surface area contributed by atoms with Gasteiger partial charge < -0.3 is 5.11 Å².